The third-order valence-electron chi connectivity index (χ3n) is 4.08. The Morgan fingerprint density at radius 3 is 2.50 bits per heavy atom. The zero-order valence-electron chi connectivity index (χ0n) is 11.4. The van der Waals surface area contributed by atoms with E-state index < -0.39 is 0 Å². The Hall–Kier alpha value is -0.980. The molecule has 1 unspecified atom stereocenters. The second-order valence-corrected chi connectivity index (χ2v) is 5.99. The third-order valence-corrected chi connectivity index (χ3v) is 4.08. The summed E-state index contributed by atoms with van der Waals surface area (Å²) in [5, 5.41) is 0. The van der Waals surface area contributed by atoms with Gasteiger partial charge in [0.05, 0.1) is 0 Å². The number of anilines is 1. The zero-order valence-corrected chi connectivity index (χ0v) is 11.4. The number of benzene rings is 1. The van der Waals surface area contributed by atoms with E-state index in [1.54, 1.807) is 5.56 Å². The van der Waals surface area contributed by atoms with E-state index in [0.717, 1.165) is 0 Å². The minimum atomic E-state index is 0.270. The van der Waals surface area contributed by atoms with Gasteiger partial charge in [0.1, 0.15) is 0 Å². The van der Waals surface area contributed by atoms with Crippen LogP contribution < -0.4 is 4.90 Å². The summed E-state index contributed by atoms with van der Waals surface area (Å²) in [7, 11) is 2.23. The summed E-state index contributed by atoms with van der Waals surface area (Å²) in [6.45, 7) is 11.5. The van der Waals surface area contributed by atoms with E-state index in [2.05, 4.69) is 58.7 Å². The summed E-state index contributed by atoms with van der Waals surface area (Å²) in [4.78, 5) is 2.45. The van der Waals surface area contributed by atoms with Crippen molar-refractivity contribution in [3.63, 3.8) is 0 Å². The Bertz CT molecular complexity index is 418. The topological polar surface area (TPSA) is 3.24 Å². The number of hydrogen-bond donors (Lipinski definition) is 0. The quantitative estimate of drug-likeness (QED) is 0.634. The fourth-order valence-electron chi connectivity index (χ4n) is 3.19. The molecule has 0 spiro atoms. The van der Waals surface area contributed by atoms with Gasteiger partial charge in [-0.2, -0.15) is 0 Å². The average molecular weight is 217 g/mol. The van der Waals surface area contributed by atoms with Crippen molar-refractivity contribution in [2.75, 3.05) is 11.9 Å². The molecule has 1 heterocycles. The van der Waals surface area contributed by atoms with Gasteiger partial charge in [0.25, 0.3) is 0 Å². The van der Waals surface area contributed by atoms with Crippen molar-refractivity contribution in [2.24, 2.45) is 0 Å². The van der Waals surface area contributed by atoms with Gasteiger partial charge in [-0.3, -0.25) is 0 Å². The summed E-state index contributed by atoms with van der Waals surface area (Å²) in [5.41, 5.74) is 6.07. The lowest BCUT2D eigenvalue weighted by atomic mass is 9.78. The number of hydrogen-bond acceptors (Lipinski definition) is 1. The first-order valence-corrected chi connectivity index (χ1v) is 6.18. The molecule has 0 saturated heterocycles. The minimum Gasteiger partial charge on any atom is -0.369 e. The molecule has 1 nitrogen and oxygen atoms in total. The fraction of sp³-hybridized carbons (Fsp3) is 0.600. The van der Waals surface area contributed by atoms with Gasteiger partial charge < -0.3 is 4.90 Å². The maximum absolute atomic E-state index is 2.45. The van der Waals surface area contributed by atoms with Gasteiger partial charge in [-0.1, -0.05) is 13.0 Å². The molecule has 1 atom stereocenters. The molecule has 0 saturated carbocycles. The van der Waals surface area contributed by atoms with Crippen LogP contribution in [0.2, 0.25) is 0 Å². The Labute approximate surface area is 99.5 Å². The van der Waals surface area contributed by atoms with E-state index in [9.17, 15) is 0 Å². The van der Waals surface area contributed by atoms with Gasteiger partial charge >= 0.3 is 0 Å². The first kappa shape index (κ1) is 11.5. The molecule has 88 valence electrons. The van der Waals surface area contributed by atoms with Crippen LogP contribution in [0.3, 0.4) is 0 Å². The summed E-state index contributed by atoms with van der Waals surface area (Å²) < 4.78 is 0. The van der Waals surface area contributed by atoms with Crippen LogP contribution in [0.5, 0.6) is 0 Å². The average Bonchev–Trinajstić information content (AvgIpc) is 2.12. The molecular weight excluding hydrogens is 194 g/mol. The first-order chi connectivity index (χ1) is 7.33. The maximum atomic E-state index is 2.45. The van der Waals surface area contributed by atoms with Gasteiger partial charge in [0, 0.05) is 18.3 Å². The lowest BCUT2D eigenvalue weighted by molar-refractivity contribution is 0.394. The number of fused-ring (bicyclic) bond motifs is 1. The zero-order chi connectivity index (χ0) is 12.1. The van der Waals surface area contributed by atoms with Crippen molar-refractivity contribution in [3.8, 4) is 0 Å². The molecule has 0 radical (unpaired) electrons. The summed E-state index contributed by atoms with van der Waals surface area (Å²) >= 11 is 0. The van der Waals surface area contributed by atoms with Crippen molar-refractivity contribution < 1.29 is 0 Å². The largest absolute Gasteiger partial charge is 0.369 e. The molecule has 0 amide bonds. The van der Waals surface area contributed by atoms with Crippen LogP contribution in [-0.2, 0) is 0 Å². The van der Waals surface area contributed by atoms with Crippen molar-refractivity contribution in [2.45, 2.75) is 52.5 Å². The second kappa shape index (κ2) is 3.51. The van der Waals surface area contributed by atoms with E-state index in [-0.39, 0.29) is 5.54 Å². The van der Waals surface area contributed by atoms with Crippen molar-refractivity contribution in [3.05, 3.63) is 28.8 Å². The maximum Gasteiger partial charge on any atom is 0.0408 e. The van der Waals surface area contributed by atoms with Crippen LogP contribution in [0.4, 0.5) is 5.69 Å². The third kappa shape index (κ3) is 1.63. The SMILES string of the molecule is Cc1cc(C)c2c(c1)N(C)C(C)(C)CC2C. The number of rotatable bonds is 0. The highest BCUT2D eigenvalue weighted by Gasteiger charge is 2.34. The molecule has 0 bridgehead atoms. The minimum absolute atomic E-state index is 0.270. The molecule has 0 N–H and O–H groups in total. The molecule has 1 aliphatic heterocycles. The van der Waals surface area contributed by atoms with Crippen molar-refractivity contribution in [1.82, 2.24) is 0 Å². The van der Waals surface area contributed by atoms with Gasteiger partial charge in [0.15, 0.2) is 0 Å². The van der Waals surface area contributed by atoms with Crippen LogP contribution in [0.15, 0.2) is 12.1 Å². The molecule has 1 heteroatoms. The fourth-order valence-corrected chi connectivity index (χ4v) is 3.19. The normalized spacial score (nSPS) is 23.1. The molecule has 2 rings (SSSR count). The molecule has 16 heavy (non-hydrogen) atoms. The highest BCUT2D eigenvalue weighted by Crippen LogP contribution is 2.44. The molecular formula is C15H23N. The van der Waals surface area contributed by atoms with Crippen LogP contribution in [0, 0.1) is 13.8 Å². The Kier molecular flexibility index (Phi) is 2.52. The second-order valence-electron chi connectivity index (χ2n) is 5.99. The molecule has 1 aromatic rings. The van der Waals surface area contributed by atoms with Gasteiger partial charge in [-0.25, -0.2) is 0 Å². The van der Waals surface area contributed by atoms with Crippen LogP contribution in [-0.4, -0.2) is 12.6 Å². The van der Waals surface area contributed by atoms with Crippen LogP contribution >= 0.6 is 0 Å². The van der Waals surface area contributed by atoms with E-state index in [4.69, 9.17) is 0 Å². The van der Waals surface area contributed by atoms with Crippen LogP contribution in [0.25, 0.3) is 0 Å². The lowest BCUT2D eigenvalue weighted by Crippen LogP contribution is -2.45. The molecule has 0 aromatic heterocycles. The highest BCUT2D eigenvalue weighted by molar-refractivity contribution is 5.63. The molecule has 0 aliphatic carbocycles. The summed E-state index contributed by atoms with van der Waals surface area (Å²) in [6, 6.07) is 4.64. The summed E-state index contributed by atoms with van der Waals surface area (Å²) in [5.74, 6) is 0.668. The smallest absolute Gasteiger partial charge is 0.0408 e. The van der Waals surface area contributed by atoms with E-state index >= 15 is 0 Å². The van der Waals surface area contributed by atoms with E-state index in [1.807, 2.05) is 0 Å². The van der Waals surface area contributed by atoms with Crippen LogP contribution in [0.1, 0.15) is 49.8 Å². The summed E-state index contributed by atoms with van der Waals surface area (Å²) in [6.07, 6.45) is 1.24. The van der Waals surface area contributed by atoms with Crippen molar-refractivity contribution in [1.29, 1.82) is 0 Å². The lowest BCUT2D eigenvalue weighted by Gasteiger charge is -2.46. The van der Waals surface area contributed by atoms with Gasteiger partial charge in [-0.15, -0.1) is 0 Å². The monoisotopic (exact) mass is 217 g/mol. The molecule has 0 fully saturated rings. The van der Waals surface area contributed by atoms with Gasteiger partial charge in [-0.05, 0) is 62.8 Å². The molecule has 1 aromatic carbocycles. The van der Waals surface area contributed by atoms with Crippen molar-refractivity contribution >= 4 is 5.69 Å². The number of aryl methyl sites for hydroxylation is 2. The Balaban J connectivity index is 2.64. The number of nitrogens with zero attached hydrogens (tertiary/aromatic N) is 1. The predicted octanol–water partition coefficient (Wildman–Crippen LogP) is 4.03. The van der Waals surface area contributed by atoms with E-state index in [1.165, 1.54) is 23.2 Å². The van der Waals surface area contributed by atoms with E-state index in [0.29, 0.717) is 5.92 Å². The first-order valence-electron chi connectivity index (χ1n) is 6.18. The molecule has 1 aliphatic rings. The predicted molar refractivity (Wildman–Crippen MR) is 71.4 cm³/mol. The van der Waals surface area contributed by atoms with Gasteiger partial charge in [0.2, 0.25) is 0 Å². The highest BCUT2D eigenvalue weighted by atomic mass is 15.2. The Morgan fingerprint density at radius 2 is 1.88 bits per heavy atom. The standard InChI is InChI=1S/C15H23N/c1-10-7-11(2)14-12(3)9-15(4,5)16(6)13(14)8-10/h7-8,12H,9H2,1-6H3. The Morgan fingerprint density at radius 1 is 1.25 bits per heavy atom.